The largest absolute Gasteiger partial charge is 0.478 e. The van der Waals surface area contributed by atoms with Crippen LogP contribution in [0, 0.1) is 0 Å². The fourth-order valence-corrected chi connectivity index (χ4v) is 2.18. The molecule has 0 bridgehead atoms. The Hall–Kier alpha value is -3.35. The molecule has 0 atom stereocenters. The summed E-state index contributed by atoms with van der Waals surface area (Å²) in [7, 11) is 2.93. The lowest BCUT2D eigenvalue weighted by atomic mass is 10.1. The molecule has 0 heterocycles. The van der Waals surface area contributed by atoms with Crippen LogP contribution in [0.15, 0.2) is 48.5 Å². The third-order valence-corrected chi connectivity index (χ3v) is 3.53. The van der Waals surface area contributed by atoms with Crippen molar-refractivity contribution in [1.82, 2.24) is 4.90 Å². The van der Waals surface area contributed by atoms with E-state index in [0.29, 0.717) is 17.8 Å². The molecule has 0 radical (unpaired) electrons. The molecule has 0 aliphatic carbocycles. The van der Waals surface area contributed by atoms with Gasteiger partial charge in [0.05, 0.1) is 12.7 Å². The summed E-state index contributed by atoms with van der Waals surface area (Å²) in [5, 5.41) is 11.4. The molecule has 7 heteroatoms. The summed E-state index contributed by atoms with van der Waals surface area (Å²) in [5.74, 6) is -1.18. The fourth-order valence-electron chi connectivity index (χ4n) is 2.18. The van der Waals surface area contributed by atoms with Gasteiger partial charge in [-0.15, -0.1) is 0 Å². The molecular formula is C18H18N2O5. The lowest BCUT2D eigenvalue weighted by Crippen LogP contribution is -2.26. The molecule has 2 N–H and O–H groups in total. The van der Waals surface area contributed by atoms with Crippen LogP contribution in [0.2, 0.25) is 0 Å². The molecule has 2 aromatic rings. The number of nitrogens with one attached hydrogen (secondary N) is 1. The summed E-state index contributed by atoms with van der Waals surface area (Å²) in [4.78, 5) is 35.9. The number of benzene rings is 2. The number of rotatable bonds is 5. The topological polar surface area (TPSA) is 95.9 Å². The van der Waals surface area contributed by atoms with Gasteiger partial charge in [-0.25, -0.2) is 9.59 Å². The molecule has 7 nitrogen and oxygen atoms in total. The highest BCUT2D eigenvalue weighted by atomic mass is 16.5. The minimum atomic E-state index is -0.989. The lowest BCUT2D eigenvalue weighted by Gasteiger charge is -2.17. The summed E-state index contributed by atoms with van der Waals surface area (Å²) in [6.45, 7) is 0.348. The van der Waals surface area contributed by atoms with Crippen LogP contribution >= 0.6 is 0 Å². The van der Waals surface area contributed by atoms with Crippen molar-refractivity contribution in [3.63, 3.8) is 0 Å². The summed E-state index contributed by atoms with van der Waals surface area (Å²) in [6, 6.07) is 12.8. The van der Waals surface area contributed by atoms with E-state index < -0.39 is 12.1 Å². The molecule has 0 aromatic heterocycles. The lowest BCUT2D eigenvalue weighted by molar-refractivity contribution is 0.0695. The van der Waals surface area contributed by atoms with Gasteiger partial charge in [-0.05, 0) is 42.0 Å². The molecule has 0 aliphatic heterocycles. The number of carbonyl (C=O) groups excluding carboxylic acids is 2. The average Bonchev–Trinajstić information content (AvgIpc) is 2.62. The zero-order valence-electron chi connectivity index (χ0n) is 13.9. The summed E-state index contributed by atoms with van der Waals surface area (Å²) >= 11 is 0. The summed E-state index contributed by atoms with van der Waals surface area (Å²) in [6.07, 6.45) is -0.582. The van der Waals surface area contributed by atoms with Gasteiger partial charge in [-0.2, -0.15) is 0 Å². The highest BCUT2D eigenvalue weighted by molar-refractivity contribution is 5.95. The van der Waals surface area contributed by atoms with Crippen molar-refractivity contribution in [2.45, 2.75) is 6.54 Å². The summed E-state index contributed by atoms with van der Waals surface area (Å²) < 4.78 is 4.50. The van der Waals surface area contributed by atoms with Crippen molar-refractivity contribution < 1.29 is 24.2 Å². The van der Waals surface area contributed by atoms with Gasteiger partial charge >= 0.3 is 12.1 Å². The standard InChI is InChI=1S/C18H18N2O5/c1-20(11-12-3-5-14(6-4-12)17(22)23)16(21)13-7-9-15(10-8-13)19-18(24)25-2/h3-10H,11H2,1-2H3,(H,19,24)(H,22,23). The molecular weight excluding hydrogens is 324 g/mol. The Balaban J connectivity index is 2.01. The van der Waals surface area contributed by atoms with Gasteiger partial charge < -0.3 is 14.7 Å². The van der Waals surface area contributed by atoms with E-state index in [4.69, 9.17) is 5.11 Å². The first-order valence-electron chi connectivity index (χ1n) is 7.43. The van der Waals surface area contributed by atoms with Crippen molar-refractivity contribution >= 4 is 23.7 Å². The highest BCUT2D eigenvalue weighted by Crippen LogP contribution is 2.13. The average molecular weight is 342 g/mol. The van der Waals surface area contributed by atoms with E-state index in [1.165, 1.54) is 24.1 Å². The Morgan fingerprint density at radius 2 is 1.56 bits per heavy atom. The van der Waals surface area contributed by atoms with Crippen molar-refractivity contribution in [2.75, 3.05) is 19.5 Å². The van der Waals surface area contributed by atoms with E-state index in [1.54, 1.807) is 43.4 Å². The quantitative estimate of drug-likeness (QED) is 0.871. The van der Waals surface area contributed by atoms with Crippen molar-refractivity contribution in [3.8, 4) is 0 Å². The predicted molar refractivity (Wildman–Crippen MR) is 91.7 cm³/mol. The van der Waals surface area contributed by atoms with Gasteiger partial charge in [-0.1, -0.05) is 12.1 Å². The smallest absolute Gasteiger partial charge is 0.411 e. The van der Waals surface area contributed by atoms with E-state index in [9.17, 15) is 14.4 Å². The first-order chi connectivity index (χ1) is 11.9. The van der Waals surface area contributed by atoms with E-state index in [-0.39, 0.29) is 11.5 Å². The van der Waals surface area contributed by atoms with Crippen LogP contribution in [0.3, 0.4) is 0 Å². The Kier molecular flexibility index (Phi) is 5.73. The number of aromatic carboxylic acids is 1. The number of nitrogens with zero attached hydrogens (tertiary/aromatic N) is 1. The maximum Gasteiger partial charge on any atom is 0.411 e. The minimum absolute atomic E-state index is 0.188. The Morgan fingerprint density at radius 3 is 2.08 bits per heavy atom. The van der Waals surface area contributed by atoms with Gasteiger partial charge in [-0.3, -0.25) is 10.1 Å². The van der Waals surface area contributed by atoms with Crippen LogP contribution < -0.4 is 5.32 Å². The Labute approximate surface area is 144 Å². The third-order valence-electron chi connectivity index (χ3n) is 3.53. The van der Waals surface area contributed by atoms with Crippen LogP contribution in [0.1, 0.15) is 26.3 Å². The molecule has 130 valence electrons. The van der Waals surface area contributed by atoms with E-state index in [2.05, 4.69) is 10.1 Å². The third kappa shape index (κ3) is 4.81. The van der Waals surface area contributed by atoms with Crippen molar-refractivity contribution in [2.24, 2.45) is 0 Å². The molecule has 0 unspecified atom stereocenters. The van der Waals surface area contributed by atoms with E-state index in [0.717, 1.165) is 5.56 Å². The molecule has 0 saturated carbocycles. The Morgan fingerprint density at radius 1 is 1.00 bits per heavy atom. The van der Waals surface area contributed by atoms with E-state index in [1.807, 2.05) is 0 Å². The second kappa shape index (κ2) is 7.96. The first-order valence-corrected chi connectivity index (χ1v) is 7.43. The number of carbonyl (C=O) groups is 3. The minimum Gasteiger partial charge on any atom is -0.478 e. The number of anilines is 1. The second-order valence-corrected chi connectivity index (χ2v) is 5.36. The van der Waals surface area contributed by atoms with Crippen LogP contribution in [0.5, 0.6) is 0 Å². The second-order valence-electron chi connectivity index (χ2n) is 5.36. The summed E-state index contributed by atoms with van der Waals surface area (Å²) in [5.41, 5.74) is 2.02. The zero-order chi connectivity index (χ0) is 18.4. The van der Waals surface area contributed by atoms with Gasteiger partial charge in [0.25, 0.3) is 5.91 Å². The van der Waals surface area contributed by atoms with Crippen LogP contribution in [-0.4, -0.2) is 42.1 Å². The first kappa shape index (κ1) is 18.0. The molecule has 0 fully saturated rings. The molecule has 0 spiro atoms. The van der Waals surface area contributed by atoms with Gasteiger partial charge in [0.15, 0.2) is 0 Å². The SMILES string of the molecule is COC(=O)Nc1ccc(C(=O)N(C)Cc2ccc(C(=O)O)cc2)cc1. The fraction of sp³-hybridized carbons (Fsp3) is 0.167. The van der Waals surface area contributed by atoms with Gasteiger partial charge in [0, 0.05) is 24.8 Å². The number of hydrogen-bond donors (Lipinski definition) is 2. The number of ether oxygens (including phenoxy) is 1. The van der Waals surface area contributed by atoms with Gasteiger partial charge in [0.2, 0.25) is 0 Å². The molecule has 2 aromatic carbocycles. The molecule has 2 amide bonds. The van der Waals surface area contributed by atoms with Crippen LogP contribution in [0.4, 0.5) is 10.5 Å². The van der Waals surface area contributed by atoms with Crippen molar-refractivity contribution in [1.29, 1.82) is 0 Å². The number of amides is 2. The maximum atomic E-state index is 12.4. The molecule has 25 heavy (non-hydrogen) atoms. The van der Waals surface area contributed by atoms with Gasteiger partial charge in [0.1, 0.15) is 0 Å². The maximum absolute atomic E-state index is 12.4. The molecule has 0 aliphatic rings. The highest BCUT2D eigenvalue weighted by Gasteiger charge is 2.13. The molecule has 0 saturated heterocycles. The number of methoxy groups -OCH3 is 1. The number of carboxylic acid groups (broad SMARTS) is 1. The zero-order valence-corrected chi connectivity index (χ0v) is 13.9. The van der Waals surface area contributed by atoms with Crippen LogP contribution in [0.25, 0.3) is 0 Å². The number of carboxylic acids is 1. The normalized spacial score (nSPS) is 10.0. The number of hydrogen-bond acceptors (Lipinski definition) is 4. The van der Waals surface area contributed by atoms with E-state index >= 15 is 0 Å². The Bertz CT molecular complexity index is 769. The molecule has 2 rings (SSSR count). The predicted octanol–water partition coefficient (Wildman–Crippen LogP) is 2.84. The van der Waals surface area contributed by atoms with Crippen molar-refractivity contribution in [3.05, 3.63) is 65.2 Å². The monoisotopic (exact) mass is 342 g/mol. The van der Waals surface area contributed by atoms with Crippen LogP contribution in [-0.2, 0) is 11.3 Å².